The molecule has 4 unspecified atom stereocenters. The topological polar surface area (TPSA) is 61.8 Å². The second-order valence-electron chi connectivity index (χ2n) is 5.67. The Morgan fingerprint density at radius 2 is 1.90 bits per heavy atom. The molecule has 0 spiro atoms. The van der Waals surface area contributed by atoms with E-state index in [-0.39, 0.29) is 11.3 Å². The SMILES string of the molecule is C=CC(=O)OC1C2CCC(COCC)(C2)C1OC(=O)C=C. The molecule has 2 rings (SSSR count). The van der Waals surface area contributed by atoms with Gasteiger partial charge in [0.05, 0.1) is 6.61 Å². The molecule has 2 fully saturated rings. The molecule has 2 saturated carbocycles. The molecule has 4 atom stereocenters. The highest BCUT2D eigenvalue weighted by atomic mass is 16.6. The molecule has 0 saturated heterocycles. The fourth-order valence-electron chi connectivity index (χ4n) is 3.56. The first kappa shape index (κ1) is 15.8. The summed E-state index contributed by atoms with van der Waals surface area (Å²) in [5.74, 6) is -0.779. The fraction of sp³-hybridized carbons (Fsp3) is 0.625. The summed E-state index contributed by atoms with van der Waals surface area (Å²) in [6.45, 7) is 9.88. The smallest absolute Gasteiger partial charge is 0.330 e. The highest BCUT2D eigenvalue weighted by Crippen LogP contribution is 2.56. The van der Waals surface area contributed by atoms with E-state index in [9.17, 15) is 9.59 Å². The lowest BCUT2D eigenvalue weighted by atomic mass is 9.81. The van der Waals surface area contributed by atoms with Gasteiger partial charge in [0.1, 0.15) is 12.2 Å². The third-order valence-electron chi connectivity index (χ3n) is 4.47. The van der Waals surface area contributed by atoms with Gasteiger partial charge in [-0.05, 0) is 26.2 Å². The van der Waals surface area contributed by atoms with Crippen LogP contribution in [0.1, 0.15) is 26.2 Å². The summed E-state index contributed by atoms with van der Waals surface area (Å²) >= 11 is 0. The van der Waals surface area contributed by atoms with Gasteiger partial charge < -0.3 is 14.2 Å². The van der Waals surface area contributed by atoms with E-state index < -0.39 is 24.1 Å². The Hall–Kier alpha value is -1.62. The maximum Gasteiger partial charge on any atom is 0.330 e. The van der Waals surface area contributed by atoms with Crippen molar-refractivity contribution in [2.45, 2.75) is 38.4 Å². The third-order valence-corrected chi connectivity index (χ3v) is 4.47. The van der Waals surface area contributed by atoms with Gasteiger partial charge in [-0.3, -0.25) is 0 Å². The molecule has 0 amide bonds. The Morgan fingerprint density at radius 3 is 2.52 bits per heavy atom. The Morgan fingerprint density at radius 1 is 1.24 bits per heavy atom. The first-order valence-electron chi connectivity index (χ1n) is 7.30. The molecular weight excluding hydrogens is 272 g/mol. The summed E-state index contributed by atoms with van der Waals surface area (Å²) in [7, 11) is 0. The molecule has 2 bridgehead atoms. The Labute approximate surface area is 124 Å². The minimum absolute atomic E-state index is 0.206. The van der Waals surface area contributed by atoms with E-state index in [4.69, 9.17) is 14.2 Å². The van der Waals surface area contributed by atoms with Crippen LogP contribution in [0.3, 0.4) is 0 Å². The van der Waals surface area contributed by atoms with E-state index in [1.807, 2.05) is 6.92 Å². The van der Waals surface area contributed by atoms with E-state index >= 15 is 0 Å². The molecule has 0 aromatic rings. The molecule has 2 aliphatic rings. The number of esters is 2. The average Bonchev–Trinajstić information content (AvgIpc) is 3.03. The zero-order valence-electron chi connectivity index (χ0n) is 12.4. The van der Waals surface area contributed by atoms with Gasteiger partial charge >= 0.3 is 11.9 Å². The predicted octanol–water partition coefficient (Wildman–Crippen LogP) is 2.02. The Bertz CT molecular complexity index is 444. The Kier molecular flexibility index (Phi) is 4.83. The van der Waals surface area contributed by atoms with Crippen molar-refractivity contribution in [2.75, 3.05) is 13.2 Å². The number of ether oxygens (including phenoxy) is 3. The highest BCUT2D eigenvalue weighted by Gasteiger charge is 2.61. The van der Waals surface area contributed by atoms with Crippen LogP contribution in [0.15, 0.2) is 25.3 Å². The summed E-state index contributed by atoms with van der Waals surface area (Å²) in [4.78, 5) is 23.2. The van der Waals surface area contributed by atoms with E-state index in [1.54, 1.807) is 0 Å². The van der Waals surface area contributed by atoms with Gasteiger partial charge in [0.2, 0.25) is 0 Å². The predicted molar refractivity (Wildman–Crippen MR) is 76.4 cm³/mol. The molecular formula is C16H22O5. The molecule has 5 nitrogen and oxygen atoms in total. The van der Waals surface area contributed by atoms with Crippen LogP contribution in [0.5, 0.6) is 0 Å². The van der Waals surface area contributed by atoms with Crippen molar-refractivity contribution in [1.82, 2.24) is 0 Å². The van der Waals surface area contributed by atoms with Crippen LogP contribution >= 0.6 is 0 Å². The molecule has 2 aliphatic carbocycles. The highest BCUT2D eigenvalue weighted by molar-refractivity contribution is 5.82. The van der Waals surface area contributed by atoms with Gasteiger partial charge in [-0.15, -0.1) is 0 Å². The number of carbonyl (C=O) groups is 2. The van der Waals surface area contributed by atoms with Crippen LogP contribution in [0.25, 0.3) is 0 Å². The molecule has 0 radical (unpaired) electrons. The number of rotatable bonds is 7. The van der Waals surface area contributed by atoms with Crippen molar-refractivity contribution in [3.63, 3.8) is 0 Å². The summed E-state index contributed by atoms with van der Waals surface area (Å²) in [5, 5.41) is 0. The van der Waals surface area contributed by atoms with Crippen LogP contribution in [-0.4, -0.2) is 37.4 Å². The van der Waals surface area contributed by atoms with Crippen molar-refractivity contribution in [1.29, 1.82) is 0 Å². The maximum absolute atomic E-state index is 11.6. The lowest BCUT2D eigenvalue weighted by Gasteiger charge is -2.37. The number of fused-ring (bicyclic) bond motifs is 2. The summed E-state index contributed by atoms with van der Waals surface area (Å²) in [5.41, 5.74) is -0.258. The fourth-order valence-corrected chi connectivity index (χ4v) is 3.56. The molecule has 0 aliphatic heterocycles. The van der Waals surface area contributed by atoms with Crippen molar-refractivity contribution in [3.8, 4) is 0 Å². The van der Waals surface area contributed by atoms with Gasteiger partial charge in [0.15, 0.2) is 0 Å². The van der Waals surface area contributed by atoms with E-state index in [1.165, 1.54) is 0 Å². The third kappa shape index (κ3) is 3.02. The standard InChI is InChI=1S/C16H22O5/c1-4-12(17)20-14-11-7-8-16(9-11,10-19-6-3)15(14)21-13(18)5-2/h4-5,11,14-15H,1-2,6-10H2,3H3. The van der Waals surface area contributed by atoms with Gasteiger partial charge in [-0.2, -0.15) is 0 Å². The second kappa shape index (κ2) is 6.43. The van der Waals surface area contributed by atoms with Crippen LogP contribution in [0.2, 0.25) is 0 Å². The van der Waals surface area contributed by atoms with E-state index in [0.29, 0.717) is 13.2 Å². The average molecular weight is 294 g/mol. The largest absolute Gasteiger partial charge is 0.455 e. The lowest BCUT2D eigenvalue weighted by molar-refractivity contribution is -0.175. The maximum atomic E-state index is 11.6. The summed E-state index contributed by atoms with van der Waals surface area (Å²) in [6.07, 6.45) is 4.07. The normalized spacial score (nSPS) is 33.5. The summed E-state index contributed by atoms with van der Waals surface area (Å²) < 4.78 is 16.5. The van der Waals surface area contributed by atoms with Gasteiger partial charge in [-0.25, -0.2) is 9.59 Å². The van der Waals surface area contributed by atoms with Gasteiger partial charge in [0.25, 0.3) is 0 Å². The minimum Gasteiger partial charge on any atom is -0.455 e. The zero-order valence-corrected chi connectivity index (χ0v) is 12.4. The molecule has 0 N–H and O–H groups in total. The van der Waals surface area contributed by atoms with Gasteiger partial charge in [0, 0.05) is 30.1 Å². The van der Waals surface area contributed by atoms with E-state index in [0.717, 1.165) is 31.4 Å². The molecule has 21 heavy (non-hydrogen) atoms. The van der Waals surface area contributed by atoms with Crippen molar-refractivity contribution in [2.24, 2.45) is 11.3 Å². The van der Waals surface area contributed by atoms with Crippen LogP contribution < -0.4 is 0 Å². The Balaban J connectivity index is 2.19. The zero-order chi connectivity index (χ0) is 15.5. The van der Waals surface area contributed by atoms with E-state index in [2.05, 4.69) is 13.2 Å². The number of carbonyl (C=O) groups excluding carboxylic acids is 2. The molecule has 5 heteroatoms. The molecule has 0 aromatic carbocycles. The second-order valence-corrected chi connectivity index (χ2v) is 5.67. The van der Waals surface area contributed by atoms with Gasteiger partial charge in [-0.1, -0.05) is 13.2 Å². The molecule has 0 aromatic heterocycles. The van der Waals surface area contributed by atoms with Crippen LogP contribution in [0, 0.1) is 11.3 Å². The number of hydrogen-bond acceptors (Lipinski definition) is 5. The van der Waals surface area contributed by atoms with Crippen molar-refractivity contribution >= 4 is 11.9 Å². The number of hydrogen-bond donors (Lipinski definition) is 0. The first-order valence-corrected chi connectivity index (χ1v) is 7.30. The van der Waals surface area contributed by atoms with Crippen LogP contribution in [0.4, 0.5) is 0 Å². The molecule has 0 heterocycles. The lowest BCUT2D eigenvalue weighted by Crippen LogP contribution is -2.46. The summed E-state index contributed by atoms with van der Waals surface area (Å²) in [6, 6.07) is 0. The molecule has 116 valence electrons. The monoisotopic (exact) mass is 294 g/mol. The first-order chi connectivity index (χ1) is 10.1. The minimum atomic E-state index is -0.497. The van der Waals surface area contributed by atoms with Crippen LogP contribution in [-0.2, 0) is 23.8 Å². The quantitative estimate of drug-likeness (QED) is 0.531. The van der Waals surface area contributed by atoms with Crippen molar-refractivity contribution < 1.29 is 23.8 Å². The van der Waals surface area contributed by atoms with Crippen molar-refractivity contribution in [3.05, 3.63) is 25.3 Å².